The summed E-state index contributed by atoms with van der Waals surface area (Å²) < 4.78 is 0. The summed E-state index contributed by atoms with van der Waals surface area (Å²) in [6.45, 7) is 9.79. The molecule has 0 aromatic carbocycles. The van der Waals surface area contributed by atoms with Gasteiger partial charge in [-0.15, -0.1) is 0 Å². The summed E-state index contributed by atoms with van der Waals surface area (Å²) in [4.78, 5) is 0. The molecule has 0 spiro atoms. The van der Waals surface area contributed by atoms with Crippen molar-refractivity contribution >= 4 is 7.85 Å². The Hall–Kier alpha value is -0.495. The first-order valence-electron chi connectivity index (χ1n) is 4.27. The van der Waals surface area contributed by atoms with Crippen molar-refractivity contribution in [2.75, 3.05) is 0 Å². The van der Waals surface area contributed by atoms with Crippen molar-refractivity contribution in [3.05, 3.63) is 24.3 Å². The van der Waals surface area contributed by atoms with E-state index in [-0.39, 0.29) is 0 Å². The van der Waals surface area contributed by atoms with Crippen LogP contribution in [-0.4, -0.2) is 13.3 Å². The minimum atomic E-state index is -0.608. The Morgan fingerprint density at radius 3 is 2.42 bits per heavy atom. The number of nitrogens with two attached hydrogens (primary N) is 1. The van der Waals surface area contributed by atoms with E-state index >= 15 is 0 Å². The molecule has 12 heavy (non-hydrogen) atoms. The molecule has 0 aliphatic carbocycles. The normalized spacial score (nSPS) is 17.6. The van der Waals surface area contributed by atoms with Crippen LogP contribution in [0.4, 0.5) is 0 Å². The van der Waals surface area contributed by atoms with Crippen molar-refractivity contribution in [1.29, 1.82) is 0 Å². The predicted molar refractivity (Wildman–Crippen MR) is 56.1 cm³/mol. The zero-order valence-corrected chi connectivity index (χ0v) is 8.30. The maximum absolute atomic E-state index is 5.64. The fraction of sp³-hybridized carbons (Fsp3) is 0.600. The van der Waals surface area contributed by atoms with Crippen molar-refractivity contribution in [1.82, 2.24) is 0 Å². The fourth-order valence-electron chi connectivity index (χ4n) is 0.893. The highest BCUT2D eigenvalue weighted by Crippen LogP contribution is 2.13. The third-order valence-electron chi connectivity index (χ3n) is 1.68. The van der Waals surface area contributed by atoms with Gasteiger partial charge in [-0.2, -0.15) is 0 Å². The monoisotopic (exact) mass is 163 g/mol. The second-order valence-corrected chi connectivity index (χ2v) is 3.77. The van der Waals surface area contributed by atoms with Crippen LogP contribution in [0.15, 0.2) is 24.3 Å². The molecular weight excluding hydrogens is 145 g/mol. The molecule has 0 fully saturated rings. The summed E-state index contributed by atoms with van der Waals surface area (Å²) in [5.74, 6) is 0.491. The summed E-state index contributed by atoms with van der Waals surface area (Å²) in [6.07, 6.45) is 4.60. The fourth-order valence-corrected chi connectivity index (χ4v) is 0.893. The van der Waals surface area contributed by atoms with E-state index in [1.807, 2.05) is 13.0 Å². The largest absolute Gasteiger partial charge is 0.333 e. The predicted octanol–water partition coefficient (Wildman–Crippen LogP) is 1.99. The van der Waals surface area contributed by atoms with E-state index in [0.717, 1.165) is 0 Å². The molecule has 0 aliphatic heterocycles. The minimum Gasteiger partial charge on any atom is -0.333 e. The van der Waals surface area contributed by atoms with Crippen molar-refractivity contribution in [3.8, 4) is 0 Å². The summed E-state index contributed by atoms with van der Waals surface area (Å²) >= 11 is 0. The van der Waals surface area contributed by atoms with Gasteiger partial charge in [-0.05, 0) is 17.8 Å². The highest BCUT2D eigenvalue weighted by molar-refractivity contribution is 6.14. The maximum Gasteiger partial charge on any atom is 0.0950 e. The molecule has 0 saturated heterocycles. The van der Waals surface area contributed by atoms with E-state index in [0.29, 0.717) is 12.3 Å². The average molecular weight is 163 g/mol. The zero-order valence-electron chi connectivity index (χ0n) is 8.30. The van der Waals surface area contributed by atoms with E-state index in [2.05, 4.69) is 26.5 Å². The third-order valence-corrected chi connectivity index (χ3v) is 1.68. The van der Waals surface area contributed by atoms with E-state index in [1.54, 1.807) is 0 Å². The van der Waals surface area contributed by atoms with Gasteiger partial charge < -0.3 is 5.73 Å². The van der Waals surface area contributed by atoms with Crippen LogP contribution in [0.3, 0.4) is 0 Å². The molecule has 0 rings (SSSR count). The van der Waals surface area contributed by atoms with Crippen LogP contribution in [0.5, 0.6) is 0 Å². The second-order valence-electron chi connectivity index (χ2n) is 3.77. The van der Waals surface area contributed by atoms with Gasteiger partial charge >= 0.3 is 0 Å². The highest BCUT2D eigenvalue weighted by atomic mass is 14.7. The summed E-state index contributed by atoms with van der Waals surface area (Å²) in [7, 11) is 5.64. The smallest absolute Gasteiger partial charge is 0.0950 e. The Labute approximate surface area is 77.1 Å². The van der Waals surface area contributed by atoms with Crippen LogP contribution >= 0.6 is 0 Å². The Morgan fingerprint density at radius 1 is 1.67 bits per heavy atom. The summed E-state index contributed by atoms with van der Waals surface area (Å²) in [5.41, 5.74) is 6.24. The highest BCUT2D eigenvalue weighted by Gasteiger charge is 2.08. The topological polar surface area (TPSA) is 26.0 Å². The molecular formula is C10H18BN. The SMILES string of the molecule is [B]C(C)(N)C/C=C(\C=C)C(C)C. The Morgan fingerprint density at radius 2 is 2.17 bits per heavy atom. The van der Waals surface area contributed by atoms with Crippen LogP contribution in [0.1, 0.15) is 27.2 Å². The van der Waals surface area contributed by atoms with Crippen molar-refractivity contribution in [2.24, 2.45) is 11.7 Å². The second kappa shape index (κ2) is 4.51. The van der Waals surface area contributed by atoms with Crippen molar-refractivity contribution < 1.29 is 0 Å². The molecule has 1 unspecified atom stereocenters. The first kappa shape index (κ1) is 11.5. The third kappa shape index (κ3) is 5.19. The van der Waals surface area contributed by atoms with E-state index in [1.165, 1.54) is 5.57 Å². The van der Waals surface area contributed by atoms with Gasteiger partial charge in [-0.25, -0.2) is 0 Å². The van der Waals surface area contributed by atoms with Gasteiger partial charge in [0.05, 0.1) is 7.85 Å². The first-order valence-corrected chi connectivity index (χ1v) is 4.27. The first-order chi connectivity index (χ1) is 5.37. The number of rotatable bonds is 4. The summed E-state index contributed by atoms with van der Waals surface area (Å²) in [6, 6.07) is 0. The van der Waals surface area contributed by atoms with Gasteiger partial charge in [0.2, 0.25) is 0 Å². The Kier molecular flexibility index (Phi) is 4.32. The molecule has 1 nitrogen and oxygen atoms in total. The van der Waals surface area contributed by atoms with Crippen molar-refractivity contribution in [2.45, 2.75) is 32.6 Å². The molecule has 0 aliphatic rings. The quantitative estimate of drug-likeness (QED) is 0.497. The van der Waals surface area contributed by atoms with Gasteiger partial charge in [0.25, 0.3) is 0 Å². The molecule has 2 N–H and O–H groups in total. The van der Waals surface area contributed by atoms with E-state index in [9.17, 15) is 0 Å². The van der Waals surface area contributed by atoms with Crippen LogP contribution in [0.2, 0.25) is 0 Å². The number of hydrogen-bond donors (Lipinski definition) is 1. The lowest BCUT2D eigenvalue weighted by molar-refractivity contribution is 0.663. The van der Waals surface area contributed by atoms with Crippen LogP contribution in [-0.2, 0) is 0 Å². The Bertz CT molecular complexity index is 175. The van der Waals surface area contributed by atoms with Gasteiger partial charge in [-0.1, -0.05) is 45.1 Å². The van der Waals surface area contributed by atoms with Gasteiger partial charge in [0.15, 0.2) is 0 Å². The molecule has 0 amide bonds. The molecule has 2 radical (unpaired) electrons. The van der Waals surface area contributed by atoms with E-state index < -0.39 is 5.44 Å². The lowest BCUT2D eigenvalue weighted by Gasteiger charge is -2.17. The molecule has 1 atom stereocenters. The lowest BCUT2D eigenvalue weighted by atomic mass is 9.77. The van der Waals surface area contributed by atoms with Gasteiger partial charge in [-0.3, -0.25) is 0 Å². The molecule has 66 valence electrons. The molecule has 0 saturated carbocycles. The lowest BCUT2D eigenvalue weighted by Crippen LogP contribution is -2.35. The maximum atomic E-state index is 5.64. The van der Waals surface area contributed by atoms with Gasteiger partial charge in [0.1, 0.15) is 0 Å². The Balaban J connectivity index is 4.22. The molecule has 2 heteroatoms. The molecule has 0 aromatic rings. The van der Waals surface area contributed by atoms with Gasteiger partial charge in [0, 0.05) is 0 Å². The van der Waals surface area contributed by atoms with Crippen LogP contribution in [0.25, 0.3) is 0 Å². The van der Waals surface area contributed by atoms with Crippen LogP contribution in [0, 0.1) is 5.92 Å². The standard InChI is InChI=1S/C10H18BN/c1-5-9(8(2)3)6-7-10(4,11)12/h5-6,8H,1,7,12H2,2-4H3/b9-6+. The summed E-state index contributed by atoms with van der Waals surface area (Å²) in [5, 5.41) is 0. The molecule has 0 bridgehead atoms. The van der Waals surface area contributed by atoms with Crippen molar-refractivity contribution in [3.63, 3.8) is 0 Å². The minimum absolute atomic E-state index is 0.491. The number of hydrogen-bond acceptors (Lipinski definition) is 1. The average Bonchev–Trinajstić information content (AvgIpc) is 1.85. The van der Waals surface area contributed by atoms with Crippen LogP contribution < -0.4 is 5.73 Å². The molecule has 0 heterocycles. The van der Waals surface area contributed by atoms with E-state index in [4.69, 9.17) is 13.6 Å². The number of allylic oxidation sites excluding steroid dienone is 2. The zero-order chi connectivity index (χ0) is 9.78. The molecule has 0 aromatic heterocycles.